The maximum Gasteiger partial charge on any atom is 0.222 e. The van der Waals surface area contributed by atoms with Crippen molar-refractivity contribution < 1.29 is 23.7 Å². The fraction of sp³-hybridized carbons (Fsp3) is 0.417. The molecule has 0 saturated carbocycles. The van der Waals surface area contributed by atoms with E-state index >= 15 is 0 Å². The molecule has 0 atom stereocenters. The summed E-state index contributed by atoms with van der Waals surface area (Å²) < 4.78 is 20.6. The van der Waals surface area contributed by atoms with Gasteiger partial charge in [0.15, 0.2) is 11.5 Å². The lowest BCUT2D eigenvalue weighted by Crippen LogP contribution is -2.25. The van der Waals surface area contributed by atoms with E-state index < -0.39 is 6.29 Å². The van der Waals surface area contributed by atoms with Crippen molar-refractivity contribution in [3.05, 3.63) is 23.8 Å². The van der Waals surface area contributed by atoms with E-state index in [0.29, 0.717) is 30.3 Å². The van der Waals surface area contributed by atoms with Crippen molar-refractivity contribution in [3.63, 3.8) is 0 Å². The summed E-state index contributed by atoms with van der Waals surface area (Å²) >= 11 is 0. The number of ether oxygens (including phenoxy) is 4. The number of benzene rings is 1. The largest absolute Gasteiger partial charge is 0.486 e. The molecule has 0 saturated heterocycles. The molecule has 1 aliphatic heterocycles. The number of ketones is 1. The van der Waals surface area contributed by atoms with Gasteiger partial charge < -0.3 is 18.9 Å². The van der Waals surface area contributed by atoms with Crippen LogP contribution in [0, 0.1) is 0 Å². The average Bonchev–Trinajstić information content (AvgIpc) is 2.39. The monoisotopic (exact) mass is 238 g/mol. The minimum Gasteiger partial charge on any atom is -0.486 e. The minimum atomic E-state index is -0.891. The van der Waals surface area contributed by atoms with Gasteiger partial charge in [-0.2, -0.15) is 0 Å². The molecule has 5 nitrogen and oxygen atoms in total. The second kappa shape index (κ2) is 5.16. The summed E-state index contributed by atoms with van der Waals surface area (Å²) in [7, 11) is 2.84. The molecule has 17 heavy (non-hydrogen) atoms. The first-order valence-corrected chi connectivity index (χ1v) is 5.25. The van der Waals surface area contributed by atoms with Gasteiger partial charge in [0.05, 0.1) is 0 Å². The second-order valence-electron chi connectivity index (χ2n) is 3.53. The Morgan fingerprint density at radius 3 is 2.47 bits per heavy atom. The highest BCUT2D eigenvalue weighted by atomic mass is 16.7. The average molecular weight is 238 g/mol. The van der Waals surface area contributed by atoms with E-state index in [1.807, 2.05) is 0 Å². The van der Waals surface area contributed by atoms with Crippen LogP contribution in [0.15, 0.2) is 18.2 Å². The fourth-order valence-electron chi connectivity index (χ4n) is 1.64. The van der Waals surface area contributed by atoms with Crippen molar-refractivity contribution in [1.29, 1.82) is 0 Å². The molecule has 1 aromatic carbocycles. The summed E-state index contributed by atoms with van der Waals surface area (Å²) in [6, 6.07) is 5.02. The Kier molecular flexibility index (Phi) is 3.61. The number of hydrogen-bond donors (Lipinski definition) is 0. The van der Waals surface area contributed by atoms with Crippen molar-refractivity contribution in [3.8, 4) is 11.5 Å². The van der Waals surface area contributed by atoms with E-state index in [9.17, 15) is 4.79 Å². The summed E-state index contributed by atoms with van der Waals surface area (Å²) in [6.07, 6.45) is -0.891. The zero-order valence-electron chi connectivity index (χ0n) is 9.76. The second-order valence-corrected chi connectivity index (χ2v) is 3.53. The zero-order valence-corrected chi connectivity index (χ0v) is 9.76. The van der Waals surface area contributed by atoms with Crippen LogP contribution in [0.3, 0.4) is 0 Å². The molecule has 0 N–H and O–H groups in total. The van der Waals surface area contributed by atoms with Crippen LogP contribution in [0.1, 0.15) is 10.4 Å². The lowest BCUT2D eigenvalue weighted by Gasteiger charge is -2.19. The Labute approximate surface area is 99.2 Å². The predicted octanol–water partition coefficient (Wildman–Crippen LogP) is 1.26. The molecule has 0 aliphatic carbocycles. The van der Waals surface area contributed by atoms with Gasteiger partial charge in [-0.05, 0) is 18.2 Å². The zero-order chi connectivity index (χ0) is 12.3. The first kappa shape index (κ1) is 11.9. The highest BCUT2D eigenvalue weighted by Crippen LogP contribution is 2.31. The van der Waals surface area contributed by atoms with Crippen LogP contribution >= 0.6 is 0 Å². The van der Waals surface area contributed by atoms with Crippen LogP contribution in [0.25, 0.3) is 0 Å². The van der Waals surface area contributed by atoms with Crippen LogP contribution in [0.4, 0.5) is 0 Å². The van der Waals surface area contributed by atoms with Gasteiger partial charge in [-0.3, -0.25) is 4.79 Å². The maximum absolute atomic E-state index is 11.9. The molecule has 1 aromatic rings. The molecule has 1 aliphatic rings. The lowest BCUT2D eigenvalue weighted by molar-refractivity contribution is -0.0742. The Morgan fingerprint density at radius 1 is 1.18 bits per heavy atom. The number of rotatable bonds is 4. The van der Waals surface area contributed by atoms with Gasteiger partial charge in [0.25, 0.3) is 0 Å². The van der Waals surface area contributed by atoms with Gasteiger partial charge in [0, 0.05) is 19.8 Å². The number of hydrogen-bond acceptors (Lipinski definition) is 5. The highest BCUT2D eigenvalue weighted by molar-refractivity contribution is 5.99. The molecular weight excluding hydrogens is 224 g/mol. The normalized spacial score (nSPS) is 13.8. The summed E-state index contributed by atoms with van der Waals surface area (Å²) in [5.41, 5.74) is 0.475. The fourth-order valence-corrected chi connectivity index (χ4v) is 1.64. The molecule has 0 aromatic heterocycles. The molecule has 0 amide bonds. The van der Waals surface area contributed by atoms with Crippen molar-refractivity contribution >= 4 is 5.78 Å². The molecule has 0 bridgehead atoms. The van der Waals surface area contributed by atoms with Crippen LogP contribution in [0.5, 0.6) is 11.5 Å². The van der Waals surface area contributed by atoms with E-state index in [-0.39, 0.29) is 5.78 Å². The van der Waals surface area contributed by atoms with E-state index in [4.69, 9.17) is 18.9 Å². The first-order chi connectivity index (χ1) is 8.26. The van der Waals surface area contributed by atoms with E-state index in [0.717, 1.165) is 0 Å². The third kappa shape index (κ3) is 2.40. The van der Waals surface area contributed by atoms with Gasteiger partial charge in [0.2, 0.25) is 12.1 Å². The van der Waals surface area contributed by atoms with Gasteiger partial charge in [0.1, 0.15) is 13.2 Å². The molecular formula is C12H14O5. The summed E-state index contributed by atoms with van der Waals surface area (Å²) in [4.78, 5) is 11.9. The van der Waals surface area contributed by atoms with Crippen molar-refractivity contribution in [1.82, 2.24) is 0 Å². The van der Waals surface area contributed by atoms with Crippen molar-refractivity contribution in [2.75, 3.05) is 27.4 Å². The molecule has 5 heteroatoms. The van der Waals surface area contributed by atoms with Crippen LogP contribution in [0.2, 0.25) is 0 Å². The molecule has 2 rings (SSSR count). The maximum atomic E-state index is 11.9. The Bertz CT molecular complexity index is 411. The van der Waals surface area contributed by atoms with Gasteiger partial charge in [-0.1, -0.05) is 0 Å². The van der Waals surface area contributed by atoms with Gasteiger partial charge in [-0.25, -0.2) is 0 Å². The standard InChI is InChI=1S/C12H14O5/c1-14-12(15-2)11(13)8-3-4-9-10(7-8)17-6-5-16-9/h3-4,7,12H,5-6H2,1-2H3. The van der Waals surface area contributed by atoms with Gasteiger partial charge >= 0.3 is 0 Å². The number of carbonyl (C=O) groups excluding carboxylic acids is 1. The predicted molar refractivity (Wildman–Crippen MR) is 59.6 cm³/mol. The smallest absolute Gasteiger partial charge is 0.222 e. The number of fused-ring (bicyclic) bond motifs is 1. The number of methoxy groups -OCH3 is 2. The van der Waals surface area contributed by atoms with Crippen LogP contribution in [-0.4, -0.2) is 39.5 Å². The Morgan fingerprint density at radius 2 is 1.82 bits per heavy atom. The SMILES string of the molecule is COC(OC)C(=O)c1ccc2c(c1)OCCO2. The first-order valence-electron chi connectivity index (χ1n) is 5.25. The highest BCUT2D eigenvalue weighted by Gasteiger charge is 2.21. The van der Waals surface area contributed by atoms with Crippen LogP contribution < -0.4 is 9.47 Å². The third-order valence-corrected chi connectivity index (χ3v) is 2.47. The molecule has 0 spiro atoms. The molecule has 0 unspecified atom stereocenters. The topological polar surface area (TPSA) is 54.0 Å². The molecule has 92 valence electrons. The Hall–Kier alpha value is -1.59. The number of carbonyl (C=O) groups is 1. The van der Waals surface area contributed by atoms with Gasteiger partial charge in [-0.15, -0.1) is 0 Å². The third-order valence-electron chi connectivity index (χ3n) is 2.47. The summed E-state index contributed by atoms with van der Waals surface area (Å²) in [5, 5.41) is 0. The Balaban J connectivity index is 2.24. The summed E-state index contributed by atoms with van der Waals surface area (Å²) in [5.74, 6) is 0.985. The molecule has 0 radical (unpaired) electrons. The molecule has 0 fully saturated rings. The summed E-state index contributed by atoms with van der Waals surface area (Å²) in [6.45, 7) is 1.02. The molecule has 1 heterocycles. The van der Waals surface area contributed by atoms with Crippen LogP contribution in [-0.2, 0) is 9.47 Å². The number of Topliss-reactive ketones (excluding diaryl/α,β-unsaturated/α-hetero) is 1. The minimum absolute atomic E-state index is 0.244. The quantitative estimate of drug-likeness (QED) is 0.584. The van der Waals surface area contributed by atoms with E-state index in [1.165, 1.54) is 14.2 Å². The van der Waals surface area contributed by atoms with Crippen molar-refractivity contribution in [2.45, 2.75) is 6.29 Å². The van der Waals surface area contributed by atoms with E-state index in [2.05, 4.69) is 0 Å². The van der Waals surface area contributed by atoms with Crippen molar-refractivity contribution in [2.24, 2.45) is 0 Å². The van der Waals surface area contributed by atoms with E-state index in [1.54, 1.807) is 18.2 Å². The lowest BCUT2D eigenvalue weighted by atomic mass is 10.1.